The van der Waals surface area contributed by atoms with Gasteiger partial charge in [0.25, 0.3) is 5.89 Å². The van der Waals surface area contributed by atoms with Crippen molar-refractivity contribution in [2.24, 2.45) is 0 Å². The number of hydrogen-bond donors (Lipinski definition) is 0. The van der Waals surface area contributed by atoms with Crippen LogP contribution in [0.2, 0.25) is 0 Å². The van der Waals surface area contributed by atoms with Crippen molar-refractivity contribution in [3.05, 3.63) is 65.5 Å². The molecule has 0 bridgehead atoms. The number of rotatable bonds is 6. The van der Waals surface area contributed by atoms with Gasteiger partial charge < -0.3 is 14.0 Å². The van der Waals surface area contributed by atoms with E-state index < -0.39 is 5.97 Å². The highest BCUT2D eigenvalue weighted by Gasteiger charge is 2.13. The monoisotopic (exact) mass is 352 g/mol. The van der Waals surface area contributed by atoms with Crippen molar-refractivity contribution in [1.82, 2.24) is 10.1 Å². The summed E-state index contributed by atoms with van der Waals surface area (Å²) < 4.78 is 16.0. The van der Waals surface area contributed by atoms with Crippen molar-refractivity contribution in [2.75, 3.05) is 0 Å². The molecule has 0 spiro atoms. The minimum atomic E-state index is -0.461. The topological polar surface area (TPSA) is 74.5 Å². The molecule has 2 aromatic carbocycles. The Morgan fingerprint density at radius 2 is 1.85 bits per heavy atom. The maximum atomic E-state index is 12.1. The number of carbonyl (C=O) groups is 1. The molecule has 0 radical (unpaired) electrons. The Kier molecular flexibility index (Phi) is 5.31. The Hall–Kier alpha value is -3.15. The molecule has 3 aromatic rings. The molecule has 0 unspecified atom stereocenters. The Bertz CT molecular complexity index is 885. The van der Waals surface area contributed by atoms with Gasteiger partial charge in [0.15, 0.2) is 6.61 Å². The molecule has 26 heavy (non-hydrogen) atoms. The Balaban J connectivity index is 1.61. The first-order chi connectivity index (χ1) is 12.5. The standard InChI is InChI=1S/C20H20N2O4/c1-13(2)25-16-10-8-15(9-11-16)20(23)24-12-18-21-19(22-26-18)17-7-5-4-6-14(17)3/h4-11,13H,12H2,1-3H3. The minimum absolute atomic E-state index is 0.0766. The molecule has 0 amide bonds. The number of aromatic nitrogens is 2. The zero-order chi connectivity index (χ0) is 18.5. The summed E-state index contributed by atoms with van der Waals surface area (Å²) in [7, 11) is 0. The molecule has 0 saturated carbocycles. The number of nitrogens with zero attached hydrogens (tertiary/aromatic N) is 2. The van der Waals surface area contributed by atoms with Crippen LogP contribution in [0.4, 0.5) is 0 Å². The molecular formula is C20H20N2O4. The summed E-state index contributed by atoms with van der Waals surface area (Å²) in [6.45, 7) is 5.77. The van der Waals surface area contributed by atoms with E-state index in [0.29, 0.717) is 17.1 Å². The molecule has 134 valence electrons. The van der Waals surface area contributed by atoms with Crippen LogP contribution in [0.5, 0.6) is 5.75 Å². The first-order valence-electron chi connectivity index (χ1n) is 8.35. The molecule has 0 fully saturated rings. The zero-order valence-corrected chi connectivity index (χ0v) is 14.9. The van der Waals surface area contributed by atoms with Crippen LogP contribution >= 0.6 is 0 Å². The summed E-state index contributed by atoms with van der Waals surface area (Å²) in [6.07, 6.45) is 0.0766. The van der Waals surface area contributed by atoms with Crippen molar-refractivity contribution >= 4 is 5.97 Å². The summed E-state index contributed by atoms with van der Waals surface area (Å²) in [4.78, 5) is 16.4. The smallest absolute Gasteiger partial charge is 0.338 e. The van der Waals surface area contributed by atoms with Crippen LogP contribution in [-0.4, -0.2) is 22.2 Å². The fourth-order valence-electron chi connectivity index (χ4n) is 2.40. The lowest BCUT2D eigenvalue weighted by Gasteiger charge is -2.09. The van der Waals surface area contributed by atoms with Crippen LogP contribution in [0.15, 0.2) is 53.1 Å². The SMILES string of the molecule is Cc1ccccc1-c1noc(COC(=O)c2ccc(OC(C)C)cc2)n1. The van der Waals surface area contributed by atoms with Crippen LogP contribution in [0, 0.1) is 6.92 Å². The first kappa shape index (κ1) is 17.7. The second-order valence-electron chi connectivity index (χ2n) is 6.09. The van der Waals surface area contributed by atoms with E-state index in [4.69, 9.17) is 14.0 Å². The van der Waals surface area contributed by atoms with Crippen LogP contribution in [0.1, 0.15) is 35.7 Å². The van der Waals surface area contributed by atoms with Crippen molar-refractivity contribution < 1.29 is 18.8 Å². The van der Waals surface area contributed by atoms with Gasteiger partial charge in [0, 0.05) is 5.56 Å². The fraction of sp³-hybridized carbons (Fsp3) is 0.250. The summed E-state index contributed by atoms with van der Waals surface area (Å²) >= 11 is 0. The van der Waals surface area contributed by atoms with Crippen molar-refractivity contribution in [2.45, 2.75) is 33.5 Å². The number of hydrogen-bond acceptors (Lipinski definition) is 6. The molecular weight excluding hydrogens is 332 g/mol. The normalized spacial score (nSPS) is 10.8. The lowest BCUT2D eigenvalue weighted by molar-refractivity contribution is 0.0430. The second kappa shape index (κ2) is 7.82. The molecule has 6 heteroatoms. The van der Waals surface area contributed by atoms with Crippen LogP contribution in [-0.2, 0) is 11.3 Å². The number of ether oxygens (including phenoxy) is 2. The third-order valence-electron chi connectivity index (χ3n) is 3.64. The van der Waals surface area contributed by atoms with E-state index in [0.717, 1.165) is 11.1 Å². The molecule has 0 atom stereocenters. The molecule has 0 aliphatic carbocycles. The third-order valence-corrected chi connectivity index (χ3v) is 3.64. The average Bonchev–Trinajstić information content (AvgIpc) is 3.09. The maximum absolute atomic E-state index is 12.1. The Labute approximate surface area is 151 Å². The first-order valence-corrected chi connectivity index (χ1v) is 8.35. The Morgan fingerprint density at radius 1 is 1.12 bits per heavy atom. The van der Waals surface area contributed by atoms with E-state index in [2.05, 4.69) is 10.1 Å². The van der Waals surface area contributed by atoms with Gasteiger partial charge in [0.1, 0.15) is 5.75 Å². The van der Waals surface area contributed by atoms with Gasteiger partial charge in [-0.1, -0.05) is 29.4 Å². The van der Waals surface area contributed by atoms with Gasteiger partial charge in [-0.3, -0.25) is 0 Å². The molecule has 0 saturated heterocycles. The van der Waals surface area contributed by atoms with Crippen molar-refractivity contribution in [1.29, 1.82) is 0 Å². The van der Waals surface area contributed by atoms with E-state index in [9.17, 15) is 4.79 Å². The van der Waals surface area contributed by atoms with Gasteiger partial charge >= 0.3 is 5.97 Å². The highest BCUT2D eigenvalue weighted by atomic mass is 16.6. The maximum Gasteiger partial charge on any atom is 0.338 e. The van der Waals surface area contributed by atoms with Crippen LogP contribution in [0.3, 0.4) is 0 Å². The largest absolute Gasteiger partial charge is 0.491 e. The number of carbonyl (C=O) groups excluding carboxylic acids is 1. The molecule has 1 heterocycles. The summed E-state index contributed by atoms with van der Waals surface area (Å²) in [6, 6.07) is 14.5. The van der Waals surface area contributed by atoms with Gasteiger partial charge in [0.05, 0.1) is 11.7 Å². The summed E-state index contributed by atoms with van der Waals surface area (Å²) in [5.41, 5.74) is 2.36. The van der Waals surface area contributed by atoms with E-state index in [-0.39, 0.29) is 18.6 Å². The van der Waals surface area contributed by atoms with Crippen LogP contribution in [0.25, 0.3) is 11.4 Å². The van der Waals surface area contributed by atoms with Crippen molar-refractivity contribution in [3.63, 3.8) is 0 Å². The molecule has 3 rings (SSSR count). The quantitative estimate of drug-likeness (QED) is 0.619. The molecule has 6 nitrogen and oxygen atoms in total. The van der Waals surface area contributed by atoms with Gasteiger partial charge in [0.2, 0.25) is 5.82 Å². The third kappa shape index (κ3) is 4.27. The molecule has 0 aliphatic heterocycles. The van der Waals surface area contributed by atoms with Gasteiger partial charge in [-0.05, 0) is 50.6 Å². The minimum Gasteiger partial charge on any atom is -0.491 e. The zero-order valence-electron chi connectivity index (χ0n) is 14.9. The van der Waals surface area contributed by atoms with Gasteiger partial charge in [-0.25, -0.2) is 4.79 Å². The van der Waals surface area contributed by atoms with E-state index in [1.165, 1.54) is 0 Å². The predicted molar refractivity (Wildman–Crippen MR) is 95.8 cm³/mol. The lowest BCUT2D eigenvalue weighted by atomic mass is 10.1. The predicted octanol–water partition coefficient (Wildman–Crippen LogP) is 4.19. The Morgan fingerprint density at radius 3 is 2.54 bits per heavy atom. The van der Waals surface area contributed by atoms with Gasteiger partial charge in [-0.15, -0.1) is 0 Å². The molecule has 0 aliphatic rings. The fourth-order valence-corrected chi connectivity index (χ4v) is 2.40. The van der Waals surface area contributed by atoms with E-state index in [1.807, 2.05) is 45.0 Å². The van der Waals surface area contributed by atoms with Crippen molar-refractivity contribution in [3.8, 4) is 17.1 Å². The highest BCUT2D eigenvalue weighted by Crippen LogP contribution is 2.20. The van der Waals surface area contributed by atoms with E-state index >= 15 is 0 Å². The second-order valence-corrected chi connectivity index (χ2v) is 6.09. The van der Waals surface area contributed by atoms with Gasteiger partial charge in [-0.2, -0.15) is 4.98 Å². The molecule has 1 aromatic heterocycles. The summed E-state index contributed by atoms with van der Waals surface area (Å²) in [5, 5.41) is 3.94. The summed E-state index contributed by atoms with van der Waals surface area (Å²) in [5.74, 6) is 0.966. The van der Waals surface area contributed by atoms with Crippen LogP contribution < -0.4 is 4.74 Å². The average molecular weight is 352 g/mol. The lowest BCUT2D eigenvalue weighted by Crippen LogP contribution is -2.07. The number of benzene rings is 2. The number of esters is 1. The number of aryl methyl sites for hydroxylation is 1. The van der Waals surface area contributed by atoms with E-state index in [1.54, 1.807) is 24.3 Å². The highest BCUT2D eigenvalue weighted by molar-refractivity contribution is 5.89. The molecule has 0 N–H and O–H groups in total.